The number of phosphoric acid groups is 2. The van der Waals surface area contributed by atoms with Crippen molar-refractivity contribution in [3.05, 3.63) is 207 Å². The van der Waals surface area contributed by atoms with E-state index in [-0.39, 0.29) is 19.3 Å². The van der Waals surface area contributed by atoms with E-state index in [2.05, 4.69) is 227 Å². The molecule has 0 saturated heterocycles. The highest BCUT2D eigenvalue weighted by atomic mass is 31.2. The van der Waals surface area contributed by atoms with Gasteiger partial charge in [0.05, 0.1) is 26.4 Å². The van der Waals surface area contributed by atoms with Crippen molar-refractivity contribution in [2.75, 3.05) is 39.6 Å². The first kappa shape index (κ1) is 111. The summed E-state index contributed by atoms with van der Waals surface area (Å²) < 4.78 is 61.5. The van der Waals surface area contributed by atoms with Gasteiger partial charge >= 0.3 is 33.6 Å². The van der Waals surface area contributed by atoms with Gasteiger partial charge in [0.25, 0.3) is 0 Å². The minimum absolute atomic E-state index is 0.0819. The summed E-state index contributed by atoms with van der Waals surface area (Å²) in [6.07, 6.45) is 120. The van der Waals surface area contributed by atoms with Crippen molar-refractivity contribution in [2.24, 2.45) is 0 Å². The lowest BCUT2D eigenvalue weighted by Crippen LogP contribution is -2.30. The molecule has 0 saturated carbocycles. The van der Waals surface area contributed by atoms with Gasteiger partial charge in [0.1, 0.15) is 25.4 Å². The second kappa shape index (κ2) is 89.4. The Kier molecular flexibility index (Phi) is 84.9. The van der Waals surface area contributed by atoms with E-state index in [1.54, 1.807) is 0 Å². The predicted molar refractivity (Wildman–Crippen MR) is 491 cm³/mol. The Morgan fingerprint density at radius 1 is 0.239 bits per heavy atom. The van der Waals surface area contributed by atoms with Gasteiger partial charge in [-0.1, -0.05) is 362 Å². The zero-order valence-electron chi connectivity index (χ0n) is 73.0. The van der Waals surface area contributed by atoms with Crippen molar-refractivity contribution < 1.29 is 75.8 Å². The van der Waals surface area contributed by atoms with Gasteiger partial charge in [0, 0.05) is 19.3 Å². The summed E-state index contributed by atoms with van der Waals surface area (Å²) in [5.41, 5.74) is 0. The highest BCUT2D eigenvalue weighted by molar-refractivity contribution is 7.47. The number of aliphatic hydroxyl groups is 2. The molecule has 0 aromatic heterocycles. The van der Waals surface area contributed by atoms with E-state index in [4.69, 9.17) is 32.3 Å². The molecule has 117 heavy (non-hydrogen) atoms. The number of carbonyl (C=O) groups excluding carboxylic acids is 3. The molecule has 0 aliphatic rings. The maximum Gasteiger partial charge on any atom is 0.472 e. The molecule has 0 aromatic carbocycles. The molecular formula is C99H162O16P2. The Hall–Kier alpha value is -5.87. The SMILES string of the molecule is CC/C=C\C/C=C\C/C=C\C/C=C\C/C=C\C/C=C\CCCCCCCCCCCCCCC(=O)OCC(O)COP(=O)(O)OCC(O)COP(=O)(O)OCC(COC(=O)CCCCCCCCCC/C=C\C/C=C\C/C=C\C/C=C\C/C=C\C/C=C\CC)OC(=O)CCCCCCCCC/C=C\C/C=C\C/C=C\C/C=C\C/C=C\CC. The number of aliphatic hydroxyl groups excluding tert-OH is 2. The minimum atomic E-state index is -4.95. The fourth-order valence-electron chi connectivity index (χ4n) is 11.7. The van der Waals surface area contributed by atoms with Crippen molar-refractivity contribution in [2.45, 2.75) is 360 Å². The standard InChI is InChI=1S/C99H162O16P2/c1-4-7-10-13-16-19-22-25-28-31-34-37-40-42-44-45-46-47-49-51-53-55-58-61-64-67-70-73-76-79-82-85-97(102)109-88-94(100)89-111-116(105,106)112-90-95(101)91-113-117(107,108)114-93-96(115-99(104)87-84-81-78-75-72-69-66-63-60-57-52-39-36-33-30-27-24-21-18-15-12-9-6-3)92-110-98(103)86-83-80-77-74-71-68-65-62-59-56-54-50-48-43-41-38-35-32-29-26-23-20-17-14-11-8-5-2/h7-12,16-21,25-30,34-39,42-44,46-48,54,56-57,60,94-96,100-101H,4-6,13-15,22-24,31-33,40-41,45,49-53,55,58-59,61-93H2,1-3H3,(H,105,106)(H,107,108)/b10-7-,11-8-,12-9-,19-16-,20-17-,21-18-,28-25-,29-26-,30-27-,37-34-,38-35-,39-36-,44-42-,47-46-,48-43-,56-54-,60-57-. The number of phosphoric ester groups is 2. The smallest absolute Gasteiger partial charge is 0.463 e. The van der Waals surface area contributed by atoms with Crippen LogP contribution in [-0.4, -0.2) is 95.9 Å². The first-order valence-electron chi connectivity index (χ1n) is 45.4. The number of rotatable bonds is 84. The number of ether oxygens (including phenoxy) is 3. The highest BCUT2D eigenvalue weighted by Crippen LogP contribution is 2.45. The van der Waals surface area contributed by atoms with Crippen molar-refractivity contribution in [1.29, 1.82) is 0 Å². The van der Waals surface area contributed by atoms with Crippen LogP contribution in [0.1, 0.15) is 342 Å². The molecule has 0 radical (unpaired) electrons. The van der Waals surface area contributed by atoms with Crippen LogP contribution < -0.4 is 0 Å². The Morgan fingerprint density at radius 2 is 0.427 bits per heavy atom. The lowest BCUT2D eigenvalue weighted by Gasteiger charge is -2.21. The van der Waals surface area contributed by atoms with Crippen LogP contribution in [0.3, 0.4) is 0 Å². The number of carbonyl (C=O) groups is 3. The monoisotopic (exact) mass is 1670 g/mol. The van der Waals surface area contributed by atoms with Crippen molar-refractivity contribution in [3.8, 4) is 0 Å². The maximum atomic E-state index is 13.1. The van der Waals surface area contributed by atoms with Crippen LogP contribution in [0.2, 0.25) is 0 Å². The van der Waals surface area contributed by atoms with E-state index in [0.29, 0.717) is 19.3 Å². The molecule has 4 N–H and O–H groups in total. The first-order chi connectivity index (χ1) is 57.2. The van der Waals surface area contributed by atoms with Crippen LogP contribution in [0, 0.1) is 0 Å². The van der Waals surface area contributed by atoms with Gasteiger partial charge in [0.15, 0.2) is 6.10 Å². The summed E-state index contributed by atoms with van der Waals surface area (Å²) in [6.45, 7) is 2.33. The summed E-state index contributed by atoms with van der Waals surface area (Å²) in [4.78, 5) is 59.0. The molecule has 0 aliphatic carbocycles. The molecule has 5 atom stereocenters. The highest BCUT2D eigenvalue weighted by Gasteiger charge is 2.29. The molecule has 0 spiro atoms. The van der Waals surface area contributed by atoms with E-state index >= 15 is 0 Å². The molecule has 5 unspecified atom stereocenters. The summed E-state index contributed by atoms with van der Waals surface area (Å²) >= 11 is 0. The quantitative estimate of drug-likeness (QED) is 0.0146. The number of allylic oxidation sites excluding steroid dienone is 34. The fourth-order valence-corrected chi connectivity index (χ4v) is 13.3. The largest absolute Gasteiger partial charge is 0.472 e. The maximum absolute atomic E-state index is 13.1. The van der Waals surface area contributed by atoms with Gasteiger partial charge in [-0.15, -0.1) is 0 Å². The molecular weight excluding hydrogens is 1510 g/mol. The molecule has 0 amide bonds. The predicted octanol–water partition coefficient (Wildman–Crippen LogP) is 28.0. The van der Waals surface area contributed by atoms with Crippen LogP contribution in [0.25, 0.3) is 0 Å². The Labute approximate surface area is 711 Å². The zero-order chi connectivity index (χ0) is 85.1. The summed E-state index contributed by atoms with van der Waals surface area (Å²) in [7, 11) is -9.83. The molecule has 16 nitrogen and oxygen atoms in total. The van der Waals surface area contributed by atoms with E-state index < -0.39 is 91.5 Å². The number of unbranched alkanes of at least 4 members (excludes halogenated alkanes) is 27. The molecule has 0 aliphatic heterocycles. The number of hydrogen-bond acceptors (Lipinski definition) is 14. The zero-order valence-corrected chi connectivity index (χ0v) is 74.8. The van der Waals surface area contributed by atoms with Gasteiger partial charge in [-0.05, 0) is 167 Å². The van der Waals surface area contributed by atoms with Gasteiger partial charge in [-0.3, -0.25) is 32.5 Å². The van der Waals surface area contributed by atoms with Gasteiger partial charge < -0.3 is 34.2 Å². The fraction of sp³-hybridized carbons (Fsp3) is 0.626. The lowest BCUT2D eigenvalue weighted by atomic mass is 10.0. The Balaban J connectivity index is 4.66. The molecule has 0 aromatic rings. The molecule has 0 bridgehead atoms. The molecule has 0 heterocycles. The van der Waals surface area contributed by atoms with Gasteiger partial charge in [-0.25, -0.2) is 9.13 Å². The van der Waals surface area contributed by atoms with E-state index in [9.17, 15) is 43.5 Å². The second-order valence-corrected chi connectivity index (χ2v) is 32.5. The minimum Gasteiger partial charge on any atom is -0.463 e. The van der Waals surface area contributed by atoms with Gasteiger partial charge in [0.2, 0.25) is 0 Å². The number of hydrogen-bond donors (Lipinski definition) is 4. The molecule has 664 valence electrons. The van der Waals surface area contributed by atoms with Crippen LogP contribution >= 0.6 is 15.6 Å². The van der Waals surface area contributed by atoms with Crippen LogP contribution in [0.5, 0.6) is 0 Å². The normalized spacial score (nSPS) is 14.8. The summed E-state index contributed by atoms with van der Waals surface area (Å²) in [6, 6.07) is 0. The van der Waals surface area contributed by atoms with E-state index in [0.717, 1.165) is 225 Å². The molecule has 0 rings (SSSR count). The van der Waals surface area contributed by atoms with Crippen LogP contribution in [0.15, 0.2) is 207 Å². The van der Waals surface area contributed by atoms with Crippen molar-refractivity contribution >= 4 is 33.6 Å². The van der Waals surface area contributed by atoms with Crippen LogP contribution in [-0.2, 0) is 55.8 Å². The third kappa shape index (κ3) is 90.7. The lowest BCUT2D eigenvalue weighted by molar-refractivity contribution is -0.161. The average Bonchev–Trinajstić information content (AvgIpc) is 0.901. The first-order valence-corrected chi connectivity index (χ1v) is 48.4. The van der Waals surface area contributed by atoms with Crippen molar-refractivity contribution in [3.63, 3.8) is 0 Å². The van der Waals surface area contributed by atoms with E-state index in [1.165, 1.54) is 57.8 Å². The third-order valence-electron chi connectivity index (χ3n) is 18.5. The molecule has 18 heteroatoms. The van der Waals surface area contributed by atoms with Gasteiger partial charge in [-0.2, -0.15) is 0 Å². The summed E-state index contributed by atoms with van der Waals surface area (Å²) in [5.74, 6) is -1.60. The average molecular weight is 1670 g/mol. The number of esters is 3. The molecule has 0 fully saturated rings. The topological polar surface area (TPSA) is 231 Å². The van der Waals surface area contributed by atoms with Crippen molar-refractivity contribution in [1.82, 2.24) is 0 Å². The second-order valence-electron chi connectivity index (χ2n) is 29.6. The summed E-state index contributed by atoms with van der Waals surface area (Å²) in [5, 5.41) is 20.7. The van der Waals surface area contributed by atoms with E-state index in [1.807, 2.05) is 0 Å². The Bertz CT molecular complexity index is 2960. The Morgan fingerprint density at radius 3 is 0.675 bits per heavy atom. The third-order valence-corrected chi connectivity index (χ3v) is 20.4. The van der Waals surface area contributed by atoms with Crippen LogP contribution in [0.4, 0.5) is 0 Å².